The molecular formula is C13H18BrF2N3O. The molecular weight excluding hydrogens is 332 g/mol. The summed E-state index contributed by atoms with van der Waals surface area (Å²) in [5, 5.41) is 0. The van der Waals surface area contributed by atoms with Crippen LogP contribution in [0, 0.1) is 6.92 Å². The number of rotatable bonds is 7. The van der Waals surface area contributed by atoms with Crippen LogP contribution in [0.3, 0.4) is 0 Å². The first-order valence-electron chi connectivity index (χ1n) is 6.21. The predicted octanol–water partition coefficient (Wildman–Crippen LogP) is 3.45. The molecule has 0 atom stereocenters. The van der Waals surface area contributed by atoms with Crippen LogP contribution in [0.5, 0.6) is 5.88 Å². The van der Waals surface area contributed by atoms with E-state index in [1.165, 1.54) is 0 Å². The van der Waals surface area contributed by atoms with Gasteiger partial charge in [-0.15, -0.1) is 0 Å². The highest BCUT2D eigenvalue weighted by Gasteiger charge is 2.14. The van der Waals surface area contributed by atoms with Gasteiger partial charge in [0.2, 0.25) is 5.88 Å². The van der Waals surface area contributed by atoms with Gasteiger partial charge in [-0.3, -0.25) is 0 Å². The first-order chi connectivity index (χ1) is 9.51. The first-order valence-corrected chi connectivity index (χ1v) is 7.01. The van der Waals surface area contributed by atoms with Gasteiger partial charge in [-0.05, 0) is 35.8 Å². The molecule has 0 aromatic carbocycles. The molecule has 0 aliphatic carbocycles. The van der Waals surface area contributed by atoms with Gasteiger partial charge in [-0.25, -0.2) is 18.8 Å². The fraction of sp³-hybridized carbons (Fsp3) is 0.538. The minimum Gasteiger partial charge on any atom is -0.468 e. The van der Waals surface area contributed by atoms with Crippen molar-refractivity contribution in [1.82, 2.24) is 9.88 Å². The van der Waals surface area contributed by atoms with Gasteiger partial charge in [-0.1, -0.05) is 0 Å². The Morgan fingerprint density at radius 2 is 2.15 bits per heavy atom. The zero-order valence-corrected chi connectivity index (χ0v) is 13.3. The van der Waals surface area contributed by atoms with Gasteiger partial charge in [-0.2, -0.15) is 0 Å². The third kappa shape index (κ3) is 4.70. The lowest BCUT2D eigenvalue weighted by Gasteiger charge is -2.14. The molecule has 4 nitrogen and oxygen atoms in total. The van der Waals surface area contributed by atoms with Crippen LogP contribution >= 0.6 is 15.9 Å². The van der Waals surface area contributed by atoms with Crippen molar-refractivity contribution in [3.8, 4) is 5.88 Å². The highest BCUT2D eigenvalue weighted by molar-refractivity contribution is 9.10. The quantitative estimate of drug-likeness (QED) is 0.558. The lowest BCUT2D eigenvalue weighted by molar-refractivity contribution is 0.127. The van der Waals surface area contributed by atoms with Crippen LogP contribution < -0.4 is 4.74 Å². The van der Waals surface area contributed by atoms with Crippen molar-refractivity contribution in [1.29, 1.82) is 0 Å². The van der Waals surface area contributed by atoms with Gasteiger partial charge >= 0.3 is 0 Å². The summed E-state index contributed by atoms with van der Waals surface area (Å²) in [4.78, 5) is 10.4. The number of ether oxygens (including phenoxy) is 1. The Balaban J connectivity index is 2.94. The fourth-order valence-corrected chi connectivity index (χ4v) is 1.67. The van der Waals surface area contributed by atoms with E-state index in [4.69, 9.17) is 4.74 Å². The third-order valence-corrected chi connectivity index (χ3v) is 3.19. The zero-order chi connectivity index (χ0) is 15.1. The molecule has 1 aromatic rings. The van der Waals surface area contributed by atoms with E-state index in [1.807, 2.05) is 18.9 Å². The number of halogens is 3. The summed E-state index contributed by atoms with van der Waals surface area (Å²) in [5.41, 5.74) is 1.29. The van der Waals surface area contributed by atoms with Crippen LogP contribution in [0.1, 0.15) is 12.6 Å². The number of alkyl halides is 2. The summed E-state index contributed by atoms with van der Waals surface area (Å²) in [6, 6.07) is 1.71. The summed E-state index contributed by atoms with van der Waals surface area (Å²) in [6.45, 7) is 2.82. The summed E-state index contributed by atoms with van der Waals surface area (Å²) in [6.07, 6.45) is 0.571. The highest BCUT2D eigenvalue weighted by Crippen LogP contribution is 2.30. The minimum absolute atomic E-state index is 0.172. The second kappa shape index (κ2) is 8.14. The predicted molar refractivity (Wildman–Crippen MR) is 79.5 cm³/mol. The van der Waals surface area contributed by atoms with E-state index in [9.17, 15) is 8.78 Å². The van der Waals surface area contributed by atoms with Gasteiger partial charge < -0.3 is 9.64 Å². The van der Waals surface area contributed by atoms with Crippen molar-refractivity contribution < 1.29 is 13.5 Å². The number of aromatic nitrogens is 1. The number of aliphatic imine (C=N–C) groups is 1. The number of pyridine rings is 1. The van der Waals surface area contributed by atoms with Crippen molar-refractivity contribution in [3.05, 3.63) is 16.2 Å². The fourth-order valence-electron chi connectivity index (χ4n) is 1.27. The van der Waals surface area contributed by atoms with E-state index < -0.39 is 19.5 Å². The number of aryl methyl sites for hydroxylation is 1. The SMILES string of the molecule is CCN(C)/C=N/c1cc(Br)c(OC(CF)CF)nc1C. The molecule has 0 fully saturated rings. The number of nitrogens with zero attached hydrogens (tertiary/aromatic N) is 3. The lowest BCUT2D eigenvalue weighted by Crippen LogP contribution is -2.22. The molecule has 0 spiro atoms. The van der Waals surface area contributed by atoms with Crippen LogP contribution in [0.15, 0.2) is 15.5 Å². The maximum atomic E-state index is 12.5. The van der Waals surface area contributed by atoms with Crippen LogP contribution in [-0.2, 0) is 0 Å². The molecule has 0 aliphatic heterocycles. The van der Waals surface area contributed by atoms with Crippen LogP contribution in [0.25, 0.3) is 0 Å². The molecule has 20 heavy (non-hydrogen) atoms. The van der Waals surface area contributed by atoms with Crippen molar-refractivity contribution >= 4 is 28.0 Å². The molecule has 0 amide bonds. The van der Waals surface area contributed by atoms with E-state index in [-0.39, 0.29) is 5.88 Å². The standard InChI is InChI=1S/C13H18BrF2N3O/c1-4-19(3)8-17-12-5-11(14)13(18-9(12)2)20-10(6-15)7-16/h5,8,10H,4,6-7H2,1-3H3/b17-8+. The summed E-state index contributed by atoms with van der Waals surface area (Å²) in [7, 11) is 1.91. The van der Waals surface area contributed by atoms with Gasteiger partial charge in [0.05, 0.1) is 22.2 Å². The molecule has 1 rings (SSSR count). The Bertz CT molecular complexity index is 467. The second-order valence-electron chi connectivity index (χ2n) is 4.25. The molecule has 0 aliphatic rings. The Hall–Kier alpha value is -1.24. The highest BCUT2D eigenvalue weighted by atomic mass is 79.9. The topological polar surface area (TPSA) is 37.7 Å². The van der Waals surface area contributed by atoms with Crippen molar-refractivity contribution in [2.45, 2.75) is 20.0 Å². The smallest absolute Gasteiger partial charge is 0.228 e. The molecule has 7 heteroatoms. The largest absolute Gasteiger partial charge is 0.468 e. The molecule has 0 unspecified atom stereocenters. The average molecular weight is 350 g/mol. The van der Waals surface area contributed by atoms with Crippen LogP contribution in [0.4, 0.5) is 14.5 Å². The summed E-state index contributed by atoms with van der Waals surface area (Å²) < 4.78 is 30.6. The summed E-state index contributed by atoms with van der Waals surface area (Å²) in [5.74, 6) is 0.172. The Morgan fingerprint density at radius 1 is 1.50 bits per heavy atom. The number of hydrogen-bond donors (Lipinski definition) is 0. The van der Waals surface area contributed by atoms with Gasteiger partial charge in [0.25, 0.3) is 0 Å². The van der Waals surface area contributed by atoms with Gasteiger partial charge in [0, 0.05) is 13.6 Å². The minimum atomic E-state index is -1.13. The molecule has 0 radical (unpaired) electrons. The van der Waals surface area contributed by atoms with Crippen molar-refractivity contribution in [2.75, 3.05) is 26.9 Å². The first kappa shape index (κ1) is 16.8. The Morgan fingerprint density at radius 3 is 2.70 bits per heavy atom. The lowest BCUT2D eigenvalue weighted by atomic mass is 10.3. The third-order valence-electron chi connectivity index (χ3n) is 2.62. The Labute approximate surface area is 126 Å². The van der Waals surface area contributed by atoms with E-state index in [2.05, 4.69) is 25.9 Å². The average Bonchev–Trinajstić information content (AvgIpc) is 2.45. The van der Waals surface area contributed by atoms with Crippen molar-refractivity contribution in [3.63, 3.8) is 0 Å². The number of hydrogen-bond acceptors (Lipinski definition) is 3. The van der Waals surface area contributed by atoms with E-state index >= 15 is 0 Å². The van der Waals surface area contributed by atoms with E-state index in [1.54, 1.807) is 19.3 Å². The molecule has 0 saturated carbocycles. The normalized spacial score (nSPS) is 11.3. The van der Waals surface area contributed by atoms with Crippen LogP contribution in [0.2, 0.25) is 0 Å². The van der Waals surface area contributed by atoms with Crippen molar-refractivity contribution in [2.24, 2.45) is 4.99 Å². The maximum absolute atomic E-state index is 12.5. The van der Waals surface area contributed by atoms with E-state index in [0.29, 0.717) is 15.9 Å². The van der Waals surface area contributed by atoms with Crippen LogP contribution in [-0.4, -0.2) is 49.3 Å². The van der Waals surface area contributed by atoms with Gasteiger partial charge in [0.1, 0.15) is 13.3 Å². The molecule has 0 bridgehead atoms. The molecule has 0 saturated heterocycles. The molecule has 1 aromatic heterocycles. The molecule has 112 valence electrons. The molecule has 1 heterocycles. The zero-order valence-electron chi connectivity index (χ0n) is 11.7. The second-order valence-corrected chi connectivity index (χ2v) is 5.10. The Kier molecular flexibility index (Phi) is 6.84. The maximum Gasteiger partial charge on any atom is 0.228 e. The molecule has 0 N–H and O–H groups in total. The van der Waals surface area contributed by atoms with E-state index in [0.717, 1.165) is 6.54 Å². The monoisotopic (exact) mass is 349 g/mol. The van der Waals surface area contributed by atoms with Gasteiger partial charge in [0.15, 0.2) is 6.10 Å². The summed E-state index contributed by atoms with van der Waals surface area (Å²) >= 11 is 3.27.